The van der Waals surface area contributed by atoms with Gasteiger partial charge < -0.3 is 18.9 Å². The molecule has 194 valence electrons. The predicted octanol–water partition coefficient (Wildman–Crippen LogP) is 7.94. The molecule has 0 aliphatic heterocycles. The molecular weight excluding hydrogens is 424 g/mol. The van der Waals surface area contributed by atoms with Crippen molar-refractivity contribution in [1.29, 1.82) is 0 Å². The molecule has 0 aromatic heterocycles. The molecule has 0 aromatic rings. The van der Waals surface area contributed by atoms with Crippen LogP contribution in [0, 0.1) is 0 Å². The Kier molecular flexibility index (Phi) is 31.3. The molecule has 0 unspecified atom stereocenters. The van der Waals surface area contributed by atoms with Crippen LogP contribution in [0.5, 0.6) is 0 Å². The molecule has 0 atom stereocenters. The predicted molar refractivity (Wildman–Crippen MR) is 138 cm³/mol. The largest absolute Gasteiger partial charge is 0.379 e. The molecule has 0 aromatic carbocycles. The lowest BCUT2D eigenvalue weighted by atomic mass is 10.0. The van der Waals surface area contributed by atoms with E-state index in [2.05, 4.69) is 6.92 Å². The number of unbranched alkanes of at least 4 members (excludes halogenated alkanes) is 15. The van der Waals surface area contributed by atoms with Gasteiger partial charge in [-0.3, -0.25) is 0 Å². The second kappa shape index (κ2) is 31.1. The molecule has 0 heterocycles. The van der Waals surface area contributed by atoms with E-state index < -0.39 is 0 Å². The van der Waals surface area contributed by atoms with E-state index in [0.717, 1.165) is 31.9 Å². The molecular formula is C27H55ClO4. The van der Waals surface area contributed by atoms with Gasteiger partial charge in [-0.2, -0.15) is 0 Å². The van der Waals surface area contributed by atoms with Gasteiger partial charge >= 0.3 is 0 Å². The van der Waals surface area contributed by atoms with Crippen LogP contribution < -0.4 is 0 Å². The first-order valence-corrected chi connectivity index (χ1v) is 14.3. The van der Waals surface area contributed by atoms with Gasteiger partial charge in [0.1, 0.15) is 0 Å². The lowest BCUT2D eigenvalue weighted by Gasteiger charge is -2.07. The quantitative estimate of drug-likeness (QED) is 0.0807. The van der Waals surface area contributed by atoms with Gasteiger partial charge in [0.05, 0.1) is 39.6 Å². The summed E-state index contributed by atoms with van der Waals surface area (Å²) in [6, 6.07) is 0. The number of ether oxygens (including phenoxy) is 4. The summed E-state index contributed by atoms with van der Waals surface area (Å²) in [7, 11) is 0. The summed E-state index contributed by atoms with van der Waals surface area (Å²) in [5.74, 6) is 0.766. The lowest BCUT2D eigenvalue weighted by molar-refractivity contribution is -0.00248. The van der Waals surface area contributed by atoms with Gasteiger partial charge in [0.25, 0.3) is 0 Å². The molecule has 0 rings (SSSR count). The number of hydrogen-bond acceptors (Lipinski definition) is 4. The summed E-state index contributed by atoms with van der Waals surface area (Å²) in [4.78, 5) is 0. The van der Waals surface area contributed by atoms with Crippen LogP contribution in [0.15, 0.2) is 0 Å². The van der Waals surface area contributed by atoms with Crippen LogP contribution in [0.3, 0.4) is 0 Å². The van der Waals surface area contributed by atoms with Crippen molar-refractivity contribution in [2.24, 2.45) is 0 Å². The van der Waals surface area contributed by atoms with Crippen molar-refractivity contribution in [1.82, 2.24) is 0 Å². The highest BCUT2D eigenvalue weighted by molar-refractivity contribution is 6.17. The van der Waals surface area contributed by atoms with E-state index in [1.807, 2.05) is 0 Å². The van der Waals surface area contributed by atoms with Crippen molar-refractivity contribution < 1.29 is 18.9 Å². The minimum Gasteiger partial charge on any atom is -0.379 e. The first-order valence-electron chi connectivity index (χ1n) is 13.8. The van der Waals surface area contributed by atoms with Gasteiger partial charge in [0, 0.05) is 19.1 Å². The molecule has 0 aliphatic rings. The van der Waals surface area contributed by atoms with E-state index in [4.69, 9.17) is 30.5 Å². The van der Waals surface area contributed by atoms with Gasteiger partial charge in [-0.1, -0.05) is 96.8 Å². The van der Waals surface area contributed by atoms with E-state index in [-0.39, 0.29) is 0 Å². The number of alkyl halides is 1. The fourth-order valence-electron chi connectivity index (χ4n) is 3.64. The van der Waals surface area contributed by atoms with E-state index in [0.29, 0.717) is 39.6 Å². The fourth-order valence-corrected chi connectivity index (χ4v) is 3.82. The Morgan fingerprint density at radius 3 is 0.969 bits per heavy atom. The fraction of sp³-hybridized carbons (Fsp3) is 1.00. The Hall–Kier alpha value is 0.130. The van der Waals surface area contributed by atoms with Crippen molar-refractivity contribution in [3.8, 4) is 0 Å². The molecule has 0 aliphatic carbocycles. The molecule has 5 heteroatoms. The zero-order valence-electron chi connectivity index (χ0n) is 21.4. The summed E-state index contributed by atoms with van der Waals surface area (Å²) in [6.07, 6.45) is 22.6. The lowest BCUT2D eigenvalue weighted by Crippen LogP contribution is -2.12. The van der Waals surface area contributed by atoms with E-state index >= 15 is 0 Å². The average Bonchev–Trinajstić information content (AvgIpc) is 2.81. The maximum absolute atomic E-state index is 5.65. The zero-order chi connectivity index (χ0) is 23.2. The van der Waals surface area contributed by atoms with Gasteiger partial charge in [0.2, 0.25) is 0 Å². The second-order valence-corrected chi connectivity index (χ2v) is 9.17. The highest BCUT2D eigenvalue weighted by Gasteiger charge is 1.96. The van der Waals surface area contributed by atoms with E-state index in [1.54, 1.807) is 0 Å². The van der Waals surface area contributed by atoms with Crippen molar-refractivity contribution in [2.45, 2.75) is 116 Å². The first kappa shape index (κ1) is 32.1. The van der Waals surface area contributed by atoms with E-state index in [9.17, 15) is 0 Å². The molecule has 0 fully saturated rings. The molecule has 0 spiro atoms. The minimum absolute atomic E-state index is 0.623. The Balaban J connectivity index is 2.98. The van der Waals surface area contributed by atoms with Crippen LogP contribution in [0.1, 0.15) is 116 Å². The molecule has 0 amide bonds. The van der Waals surface area contributed by atoms with Crippen molar-refractivity contribution in [3.05, 3.63) is 0 Å². The Labute approximate surface area is 205 Å². The standard InChI is InChI=1S/C27H55ClO4/c1-2-3-4-5-6-7-8-9-10-11-12-14-17-20-29-22-24-31-26-27-32-25-23-30-21-18-15-13-16-19-28/h2-27H2,1H3. The van der Waals surface area contributed by atoms with Crippen molar-refractivity contribution in [2.75, 3.05) is 58.7 Å². The highest BCUT2D eigenvalue weighted by Crippen LogP contribution is 2.12. The van der Waals surface area contributed by atoms with Gasteiger partial charge in [0.15, 0.2) is 0 Å². The van der Waals surface area contributed by atoms with Gasteiger partial charge in [-0.05, 0) is 19.3 Å². The zero-order valence-corrected chi connectivity index (χ0v) is 22.2. The van der Waals surface area contributed by atoms with E-state index in [1.165, 1.54) is 96.3 Å². The third kappa shape index (κ3) is 30.1. The maximum Gasteiger partial charge on any atom is 0.0701 e. The topological polar surface area (TPSA) is 36.9 Å². The summed E-state index contributed by atoms with van der Waals surface area (Å²) in [6.45, 7) is 7.86. The molecule has 4 nitrogen and oxygen atoms in total. The minimum atomic E-state index is 0.623. The van der Waals surface area contributed by atoms with Crippen LogP contribution in [0.2, 0.25) is 0 Å². The SMILES string of the molecule is CCCCCCCCCCCCCCCOCCOCCOCCOCCCCCCCl. The smallest absolute Gasteiger partial charge is 0.0701 e. The normalized spacial score (nSPS) is 11.4. The maximum atomic E-state index is 5.65. The molecule has 0 saturated heterocycles. The van der Waals surface area contributed by atoms with Crippen LogP contribution in [0.4, 0.5) is 0 Å². The molecule has 0 radical (unpaired) electrons. The first-order chi connectivity index (χ1) is 15.9. The van der Waals surface area contributed by atoms with Crippen LogP contribution in [0.25, 0.3) is 0 Å². The molecule has 0 bridgehead atoms. The second-order valence-electron chi connectivity index (χ2n) is 8.80. The summed E-state index contributed by atoms with van der Waals surface area (Å²) < 4.78 is 22.2. The number of hydrogen-bond donors (Lipinski definition) is 0. The summed E-state index contributed by atoms with van der Waals surface area (Å²) >= 11 is 5.65. The third-order valence-corrected chi connectivity index (χ3v) is 5.95. The summed E-state index contributed by atoms with van der Waals surface area (Å²) in [5, 5.41) is 0. The Morgan fingerprint density at radius 2 is 0.625 bits per heavy atom. The molecule has 32 heavy (non-hydrogen) atoms. The molecule has 0 N–H and O–H groups in total. The number of rotatable bonds is 29. The third-order valence-electron chi connectivity index (χ3n) is 5.68. The van der Waals surface area contributed by atoms with Crippen molar-refractivity contribution >= 4 is 11.6 Å². The van der Waals surface area contributed by atoms with Crippen molar-refractivity contribution in [3.63, 3.8) is 0 Å². The van der Waals surface area contributed by atoms with Crippen LogP contribution >= 0.6 is 11.6 Å². The molecule has 0 saturated carbocycles. The van der Waals surface area contributed by atoms with Crippen LogP contribution in [-0.2, 0) is 18.9 Å². The van der Waals surface area contributed by atoms with Gasteiger partial charge in [-0.15, -0.1) is 11.6 Å². The Bertz CT molecular complexity index is 288. The average molecular weight is 479 g/mol. The monoisotopic (exact) mass is 478 g/mol. The number of halogens is 1. The Morgan fingerprint density at radius 1 is 0.344 bits per heavy atom. The van der Waals surface area contributed by atoms with Gasteiger partial charge in [-0.25, -0.2) is 0 Å². The highest BCUT2D eigenvalue weighted by atomic mass is 35.5. The van der Waals surface area contributed by atoms with Crippen LogP contribution in [-0.4, -0.2) is 58.7 Å². The summed E-state index contributed by atoms with van der Waals surface area (Å²) in [5.41, 5.74) is 0.